The summed E-state index contributed by atoms with van der Waals surface area (Å²) in [5, 5.41) is 2.33. The minimum Gasteiger partial charge on any atom is -0.487 e. The molecular weight excluding hydrogens is 301 g/mol. The Morgan fingerprint density at radius 1 is 1.40 bits per heavy atom. The van der Waals surface area contributed by atoms with Crippen LogP contribution in [0.2, 0.25) is 0 Å². The highest BCUT2D eigenvalue weighted by atomic mass is 127. The average molecular weight is 320 g/mol. The zero-order chi connectivity index (χ0) is 11.1. The Morgan fingerprint density at radius 3 is 2.80 bits per heavy atom. The first kappa shape index (κ1) is 12.8. The van der Waals surface area contributed by atoms with Crippen molar-refractivity contribution in [3.8, 4) is 5.75 Å². The normalized spacial score (nSPS) is 12.5. The van der Waals surface area contributed by atoms with E-state index in [0.29, 0.717) is 6.04 Å². The van der Waals surface area contributed by atoms with Crippen LogP contribution in [-0.4, -0.2) is 19.2 Å². The van der Waals surface area contributed by atoms with E-state index in [-0.39, 0.29) is 0 Å². The zero-order valence-electron chi connectivity index (χ0n) is 9.37. The number of quaternary nitrogens is 1. The van der Waals surface area contributed by atoms with E-state index < -0.39 is 0 Å². The molecule has 1 aromatic carbocycles. The molecule has 2 nitrogen and oxygen atoms in total. The maximum Gasteiger partial charge on any atom is 0.137 e. The fraction of sp³-hybridized carbons (Fsp3) is 0.500. The zero-order valence-corrected chi connectivity index (χ0v) is 11.5. The lowest BCUT2D eigenvalue weighted by atomic mass is 10.3. The number of hydrogen-bond donors (Lipinski definition) is 1. The van der Waals surface area contributed by atoms with E-state index in [9.17, 15) is 0 Å². The third-order valence-corrected chi connectivity index (χ3v) is 3.32. The van der Waals surface area contributed by atoms with E-state index in [1.54, 1.807) is 0 Å². The molecule has 0 aromatic heterocycles. The number of halogens is 1. The lowest BCUT2D eigenvalue weighted by molar-refractivity contribution is -0.686. The second kappa shape index (κ2) is 7.06. The van der Waals surface area contributed by atoms with Gasteiger partial charge in [0, 0.05) is 0 Å². The van der Waals surface area contributed by atoms with Crippen molar-refractivity contribution in [3.63, 3.8) is 0 Å². The second-order valence-corrected chi connectivity index (χ2v) is 4.85. The number of benzene rings is 1. The fourth-order valence-electron chi connectivity index (χ4n) is 1.25. The molecule has 3 heteroatoms. The van der Waals surface area contributed by atoms with Crippen LogP contribution in [0.25, 0.3) is 0 Å². The van der Waals surface area contributed by atoms with E-state index in [2.05, 4.69) is 47.8 Å². The van der Waals surface area contributed by atoms with Gasteiger partial charge in [0.1, 0.15) is 18.9 Å². The van der Waals surface area contributed by atoms with Crippen molar-refractivity contribution >= 4 is 22.6 Å². The monoisotopic (exact) mass is 320 g/mol. The van der Waals surface area contributed by atoms with Gasteiger partial charge in [-0.3, -0.25) is 0 Å². The molecule has 0 fully saturated rings. The SMILES string of the molecule is CC[C@@H](C)[NH2+]CCOc1ccccc1I. The predicted molar refractivity (Wildman–Crippen MR) is 71.2 cm³/mol. The number of ether oxygens (including phenoxy) is 1. The average Bonchev–Trinajstić information content (AvgIpc) is 2.26. The summed E-state index contributed by atoms with van der Waals surface area (Å²) in [4.78, 5) is 0. The van der Waals surface area contributed by atoms with Crippen molar-refractivity contribution < 1.29 is 10.1 Å². The minimum atomic E-state index is 0.698. The first-order valence-electron chi connectivity index (χ1n) is 5.44. The lowest BCUT2D eigenvalue weighted by Gasteiger charge is -2.10. The molecule has 0 aliphatic rings. The molecule has 84 valence electrons. The smallest absolute Gasteiger partial charge is 0.137 e. The third-order valence-electron chi connectivity index (χ3n) is 2.43. The van der Waals surface area contributed by atoms with Crippen LogP contribution in [0.15, 0.2) is 24.3 Å². The quantitative estimate of drug-likeness (QED) is 0.630. The van der Waals surface area contributed by atoms with Crippen molar-refractivity contribution in [1.29, 1.82) is 0 Å². The van der Waals surface area contributed by atoms with Crippen LogP contribution < -0.4 is 10.1 Å². The molecule has 0 aliphatic carbocycles. The van der Waals surface area contributed by atoms with Crippen molar-refractivity contribution in [2.75, 3.05) is 13.2 Å². The summed E-state index contributed by atoms with van der Waals surface area (Å²) in [6.07, 6.45) is 1.21. The Labute approximate surface area is 106 Å². The van der Waals surface area contributed by atoms with E-state index in [1.165, 1.54) is 9.99 Å². The van der Waals surface area contributed by atoms with Gasteiger partial charge in [0.15, 0.2) is 0 Å². The van der Waals surface area contributed by atoms with Crippen LogP contribution in [0, 0.1) is 3.57 Å². The molecule has 0 saturated heterocycles. The molecule has 15 heavy (non-hydrogen) atoms. The van der Waals surface area contributed by atoms with Crippen LogP contribution >= 0.6 is 22.6 Å². The predicted octanol–water partition coefficient (Wildman–Crippen LogP) is 2.03. The summed E-state index contributed by atoms with van der Waals surface area (Å²) < 4.78 is 6.87. The van der Waals surface area contributed by atoms with Crippen molar-refractivity contribution in [3.05, 3.63) is 27.8 Å². The fourth-order valence-corrected chi connectivity index (χ4v) is 1.79. The number of nitrogens with two attached hydrogens (primary N) is 1. The molecule has 0 radical (unpaired) electrons. The Kier molecular flexibility index (Phi) is 6.02. The Balaban J connectivity index is 2.23. The van der Waals surface area contributed by atoms with Crippen LogP contribution in [0.4, 0.5) is 0 Å². The third kappa shape index (κ3) is 4.84. The van der Waals surface area contributed by atoms with Gasteiger partial charge in [-0.25, -0.2) is 0 Å². The van der Waals surface area contributed by atoms with Gasteiger partial charge in [-0.2, -0.15) is 0 Å². The topological polar surface area (TPSA) is 25.8 Å². The maximum absolute atomic E-state index is 5.69. The molecule has 0 heterocycles. The first-order valence-corrected chi connectivity index (χ1v) is 6.52. The largest absolute Gasteiger partial charge is 0.487 e. The Hall–Kier alpha value is -0.290. The number of rotatable bonds is 6. The van der Waals surface area contributed by atoms with Gasteiger partial charge in [-0.05, 0) is 48.1 Å². The summed E-state index contributed by atoms with van der Waals surface area (Å²) in [6.45, 7) is 6.26. The standard InChI is InChI=1S/C12H18INO/c1-3-10(2)14-8-9-15-12-7-5-4-6-11(12)13/h4-7,10,14H,3,8-9H2,1-2H3/p+1/t10-/m1/s1. The van der Waals surface area contributed by atoms with Crippen molar-refractivity contribution in [2.24, 2.45) is 0 Å². The summed E-state index contributed by atoms with van der Waals surface area (Å²) in [7, 11) is 0. The van der Waals surface area contributed by atoms with Crippen LogP contribution in [-0.2, 0) is 0 Å². The molecule has 0 bridgehead atoms. The number of hydrogen-bond acceptors (Lipinski definition) is 1. The Bertz CT molecular complexity index is 291. The van der Waals surface area contributed by atoms with Crippen molar-refractivity contribution in [2.45, 2.75) is 26.3 Å². The first-order chi connectivity index (χ1) is 7.24. The van der Waals surface area contributed by atoms with Crippen molar-refractivity contribution in [1.82, 2.24) is 0 Å². The second-order valence-electron chi connectivity index (χ2n) is 3.69. The molecule has 1 aromatic rings. The molecule has 2 N–H and O–H groups in total. The van der Waals surface area contributed by atoms with Gasteiger partial charge in [0.2, 0.25) is 0 Å². The minimum absolute atomic E-state index is 0.698. The molecule has 0 aliphatic heterocycles. The highest BCUT2D eigenvalue weighted by molar-refractivity contribution is 14.1. The van der Waals surface area contributed by atoms with Crippen LogP contribution in [0.3, 0.4) is 0 Å². The van der Waals surface area contributed by atoms with Gasteiger partial charge in [0.25, 0.3) is 0 Å². The number of para-hydroxylation sites is 1. The molecule has 0 amide bonds. The molecule has 0 spiro atoms. The van der Waals surface area contributed by atoms with E-state index in [0.717, 1.165) is 18.9 Å². The van der Waals surface area contributed by atoms with E-state index >= 15 is 0 Å². The lowest BCUT2D eigenvalue weighted by Crippen LogP contribution is -2.90. The van der Waals surface area contributed by atoms with Gasteiger partial charge in [-0.1, -0.05) is 19.1 Å². The summed E-state index contributed by atoms with van der Waals surface area (Å²) in [6, 6.07) is 8.82. The van der Waals surface area contributed by atoms with Gasteiger partial charge in [-0.15, -0.1) is 0 Å². The van der Waals surface area contributed by atoms with E-state index in [4.69, 9.17) is 4.74 Å². The van der Waals surface area contributed by atoms with E-state index in [1.807, 2.05) is 18.2 Å². The summed E-state index contributed by atoms with van der Waals surface area (Å²) in [5.74, 6) is 0.996. The van der Waals surface area contributed by atoms with Crippen LogP contribution in [0.5, 0.6) is 5.75 Å². The van der Waals surface area contributed by atoms with Gasteiger partial charge < -0.3 is 10.1 Å². The summed E-state index contributed by atoms with van der Waals surface area (Å²) in [5.41, 5.74) is 0. The molecule has 1 rings (SSSR count). The maximum atomic E-state index is 5.69. The highest BCUT2D eigenvalue weighted by Gasteiger charge is 2.02. The van der Waals surface area contributed by atoms with Crippen LogP contribution in [0.1, 0.15) is 20.3 Å². The highest BCUT2D eigenvalue weighted by Crippen LogP contribution is 2.18. The van der Waals surface area contributed by atoms with Gasteiger partial charge in [0.05, 0.1) is 9.61 Å². The van der Waals surface area contributed by atoms with Gasteiger partial charge >= 0.3 is 0 Å². The molecule has 0 unspecified atom stereocenters. The Morgan fingerprint density at radius 2 is 2.13 bits per heavy atom. The summed E-state index contributed by atoms with van der Waals surface area (Å²) >= 11 is 2.30. The molecular formula is C12H19INO+. The molecule has 1 atom stereocenters. The molecule has 0 saturated carbocycles.